The van der Waals surface area contributed by atoms with Crippen LogP contribution in [0.5, 0.6) is 5.75 Å². The van der Waals surface area contributed by atoms with Gasteiger partial charge in [-0.25, -0.2) is 10.9 Å². The van der Waals surface area contributed by atoms with E-state index in [1.54, 1.807) is 7.11 Å². The number of nitrogens with one attached hydrogen (secondary N) is 2. The molecule has 0 bridgehead atoms. The summed E-state index contributed by atoms with van der Waals surface area (Å²) >= 11 is 0. The van der Waals surface area contributed by atoms with Crippen molar-refractivity contribution in [3.05, 3.63) is 29.8 Å². The fraction of sp³-hybridized carbons (Fsp3) is 0.333. The van der Waals surface area contributed by atoms with Crippen molar-refractivity contribution in [1.82, 2.24) is 10.9 Å². The van der Waals surface area contributed by atoms with E-state index < -0.39 is 0 Å². The molecule has 0 aromatic heterocycles. The molecule has 64 valence electrons. The lowest BCUT2D eigenvalue weighted by atomic mass is 10.1. The lowest BCUT2D eigenvalue weighted by Gasteiger charge is -2.06. The highest BCUT2D eigenvalue weighted by atomic mass is 16.5. The quantitative estimate of drug-likeness (QED) is 0.640. The van der Waals surface area contributed by atoms with Gasteiger partial charge in [-0.3, -0.25) is 0 Å². The molecule has 1 aromatic carbocycles. The Hall–Kier alpha value is -1.06. The van der Waals surface area contributed by atoms with Gasteiger partial charge in [-0.1, -0.05) is 12.1 Å². The van der Waals surface area contributed by atoms with Gasteiger partial charge in [0.1, 0.15) is 11.4 Å². The molecule has 0 saturated carbocycles. The molecule has 2 N–H and O–H groups in total. The van der Waals surface area contributed by atoms with E-state index in [1.807, 2.05) is 18.2 Å². The molecule has 1 heterocycles. The molecule has 12 heavy (non-hydrogen) atoms. The van der Waals surface area contributed by atoms with Crippen LogP contribution >= 0.6 is 0 Å². The van der Waals surface area contributed by atoms with Gasteiger partial charge in [0, 0.05) is 0 Å². The van der Waals surface area contributed by atoms with E-state index in [1.165, 1.54) is 5.56 Å². The van der Waals surface area contributed by atoms with Crippen molar-refractivity contribution in [2.24, 2.45) is 0 Å². The van der Waals surface area contributed by atoms with E-state index in [4.69, 9.17) is 4.74 Å². The SMILES string of the molecule is COc1cccc(C2(C)NN2)c1. The number of hydrogen-bond donors (Lipinski definition) is 2. The highest BCUT2D eigenvalue weighted by Gasteiger charge is 2.37. The average Bonchev–Trinajstić information content (AvgIpc) is 2.85. The van der Waals surface area contributed by atoms with Crippen LogP contribution in [0.4, 0.5) is 0 Å². The van der Waals surface area contributed by atoms with E-state index in [2.05, 4.69) is 23.8 Å². The van der Waals surface area contributed by atoms with Gasteiger partial charge in [0.15, 0.2) is 0 Å². The van der Waals surface area contributed by atoms with Crippen LogP contribution in [0.3, 0.4) is 0 Å². The Labute approximate surface area is 71.7 Å². The minimum absolute atomic E-state index is 0.0471. The molecule has 1 aliphatic heterocycles. The van der Waals surface area contributed by atoms with Crippen LogP contribution in [0.25, 0.3) is 0 Å². The van der Waals surface area contributed by atoms with Gasteiger partial charge in [0.2, 0.25) is 0 Å². The topological polar surface area (TPSA) is 53.1 Å². The third kappa shape index (κ3) is 1.17. The molecule has 3 nitrogen and oxygen atoms in total. The number of ether oxygens (including phenoxy) is 1. The normalized spacial score (nSPS) is 18.8. The molecule has 1 aromatic rings. The number of rotatable bonds is 2. The largest absolute Gasteiger partial charge is 0.497 e. The molecule has 0 spiro atoms. The maximum Gasteiger partial charge on any atom is 0.119 e. The maximum atomic E-state index is 5.12. The van der Waals surface area contributed by atoms with Crippen LogP contribution < -0.4 is 15.6 Å². The number of benzene rings is 1. The van der Waals surface area contributed by atoms with E-state index in [-0.39, 0.29) is 5.66 Å². The number of hydrazine groups is 1. The molecular weight excluding hydrogens is 152 g/mol. The Morgan fingerprint density at radius 2 is 2.08 bits per heavy atom. The van der Waals surface area contributed by atoms with E-state index in [0.29, 0.717) is 0 Å². The average molecular weight is 164 g/mol. The van der Waals surface area contributed by atoms with E-state index >= 15 is 0 Å². The highest BCUT2D eigenvalue weighted by Crippen LogP contribution is 2.26. The molecule has 2 rings (SSSR count). The number of methoxy groups -OCH3 is 1. The van der Waals surface area contributed by atoms with Crippen LogP contribution in [0, 0.1) is 0 Å². The Morgan fingerprint density at radius 1 is 1.33 bits per heavy atom. The first-order valence-electron chi connectivity index (χ1n) is 3.93. The summed E-state index contributed by atoms with van der Waals surface area (Å²) in [5, 5.41) is 0. The molecule has 0 aliphatic carbocycles. The maximum absolute atomic E-state index is 5.12. The Kier molecular flexibility index (Phi) is 1.56. The zero-order valence-electron chi connectivity index (χ0n) is 7.22. The molecule has 3 heteroatoms. The molecule has 0 unspecified atom stereocenters. The molecular formula is C9H12N2O. The van der Waals surface area contributed by atoms with Crippen LogP contribution in [0.2, 0.25) is 0 Å². The Balaban J connectivity index is 2.32. The van der Waals surface area contributed by atoms with Crippen molar-refractivity contribution in [3.63, 3.8) is 0 Å². The third-order valence-electron chi connectivity index (χ3n) is 2.15. The summed E-state index contributed by atoms with van der Waals surface area (Å²) in [6.07, 6.45) is 0. The molecule has 1 saturated heterocycles. The van der Waals surface area contributed by atoms with Crippen LogP contribution in [0.15, 0.2) is 24.3 Å². The van der Waals surface area contributed by atoms with Crippen molar-refractivity contribution in [3.8, 4) is 5.75 Å². The van der Waals surface area contributed by atoms with Gasteiger partial charge in [0.05, 0.1) is 7.11 Å². The zero-order chi connectivity index (χ0) is 8.60. The van der Waals surface area contributed by atoms with Gasteiger partial charge >= 0.3 is 0 Å². The first-order valence-corrected chi connectivity index (χ1v) is 3.93. The van der Waals surface area contributed by atoms with Crippen molar-refractivity contribution in [2.75, 3.05) is 7.11 Å². The van der Waals surface area contributed by atoms with Crippen LogP contribution in [0.1, 0.15) is 12.5 Å². The summed E-state index contributed by atoms with van der Waals surface area (Å²) < 4.78 is 5.12. The molecule has 0 radical (unpaired) electrons. The van der Waals surface area contributed by atoms with Gasteiger partial charge in [-0.15, -0.1) is 0 Å². The minimum Gasteiger partial charge on any atom is -0.497 e. The second-order valence-electron chi connectivity index (χ2n) is 3.11. The predicted octanol–water partition coefficient (Wildman–Crippen LogP) is 0.976. The van der Waals surface area contributed by atoms with Crippen molar-refractivity contribution < 1.29 is 4.74 Å². The summed E-state index contributed by atoms with van der Waals surface area (Å²) in [4.78, 5) is 0. The smallest absolute Gasteiger partial charge is 0.119 e. The summed E-state index contributed by atoms with van der Waals surface area (Å²) in [7, 11) is 1.68. The summed E-state index contributed by atoms with van der Waals surface area (Å²) in [6, 6.07) is 8.01. The molecule has 1 fully saturated rings. The summed E-state index contributed by atoms with van der Waals surface area (Å²) in [5.74, 6) is 0.893. The fourth-order valence-corrected chi connectivity index (χ4v) is 1.17. The Morgan fingerprint density at radius 3 is 2.67 bits per heavy atom. The second kappa shape index (κ2) is 2.47. The van der Waals surface area contributed by atoms with Crippen molar-refractivity contribution >= 4 is 0 Å². The van der Waals surface area contributed by atoms with E-state index in [0.717, 1.165) is 5.75 Å². The van der Waals surface area contributed by atoms with Gasteiger partial charge < -0.3 is 4.74 Å². The highest BCUT2D eigenvalue weighted by molar-refractivity contribution is 5.34. The third-order valence-corrected chi connectivity index (χ3v) is 2.15. The second-order valence-corrected chi connectivity index (χ2v) is 3.11. The first kappa shape index (κ1) is 7.58. The van der Waals surface area contributed by atoms with Crippen molar-refractivity contribution in [1.29, 1.82) is 0 Å². The van der Waals surface area contributed by atoms with E-state index in [9.17, 15) is 0 Å². The number of hydrogen-bond acceptors (Lipinski definition) is 3. The fourth-order valence-electron chi connectivity index (χ4n) is 1.17. The van der Waals surface area contributed by atoms with Crippen LogP contribution in [-0.2, 0) is 5.66 Å². The molecule has 0 atom stereocenters. The van der Waals surface area contributed by atoms with Crippen molar-refractivity contribution in [2.45, 2.75) is 12.6 Å². The minimum atomic E-state index is -0.0471. The summed E-state index contributed by atoms with van der Waals surface area (Å²) in [6.45, 7) is 2.09. The standard InChI is InChI=1S/C9H12N2O/c1-9(10-11-9)7-4-3-5-8(6-7)12-2/h3-6,10-11H,1-2H3. The molecule has 1 aliphatic rings. The zero-order valence-corrected chi connectivity index (χ0v) is 7.22. The summed E-state index contributed by atoms with van der Waals surface area (Å²) in [5.41, 5.74) is 7.29. The lowest BCUT2D eigenvalue weighted by molar-refractivity contribution is 0.413. The van der Waals surface area contributed by atoms with Gasteiger partial charge in [-0.05, 0) is 24.6 Å². The Bertz CT molecular complexity index is 294. The van der Waals surface area contributed by atoms with Gasteiger partial charge in [-0.2, -0.15) is 0 Å². The van der Waals surface area contributed by atoms with Crippen LogP contribution in [-0.4, -0.2) is 7.11 Å². The first-order chi connectivity index (χ1) is 5.74. The predicted molar refractivity (Wildman–Crippen MR) is 46.6 cm³/mol. The monoisotopic (exact) mass is 164 g/mol. The molecule has 0 amide bonds. The lowest BCUT2D eigenvalue weighted by Crippen LogP contribution is -2.08. The van der Waals surface area contributed by atoms with Gasteiger partial charge in [0.25, 0.3) is 0 Å².